The lowest BCUT2D eigenvalue weighted by atomic mass is 11.0. The van der Waals surface area contributed by atoms with Crippen molar-refractivity contribution in [3.8, 4) is 0 Å². The number of hydrogen-bond donors (Lipinski definition) is 3. The van der Waals surface area contributed by atoms with E-state index in [9.17, 15) is 0 Å². The minimum Gasteiger partial charge on any atom is -0.370 e. The summed E-state index contributed by atoms with van der Waals surface area (Å²) in [5.74, 6) is 0.389. The lowest BCUT2D eigenvalue weighted by Gasteiger charge is -1.69. The highest BCUT2D eigenvalue weighted by molar-refractivity contribution is 6.17. The van der Waals surface area contributed by atoms with E-state index in [1.54, 1.807) is 0 Å². The van der Waals surface area contributed by atoms with E-state index in [1.807, 2.05) is 6.92 Å². The number of alkyl halides is 1. The summed E-state index contributed by atoms with van der Waals surface area (Å²) in [6.45, 7) is 1.89. The van der Waals surface area contributed by atoms with Crippen LogP contribution in [-0.4, -0.2) is 11.8 Å². The van der Waals surface area contributed by atoms with Crippen LogP contribution in [-0.2, 0) is 0 Å². The molecule has 0 aliphatic carbocycles. The normalized spacial score (nSPS) is 6.00. The molecule has 7 heavy (non-hydrogen) atoms. The van der Waals surface area contributed by atoms with Crippen molar-refractivity contribution in [3.63, 3.8) is 0 Å². The molecule has 0 aromatic rings. The number of rotatable bonds is 0. The topological polar surface area (TPSA) is 75.9 Å². The number of nitrogens with one attached hydrogen (secondary N) is 1. The van der Waals surface area contributed by atoms with Crippen LogP contribution in [0.2, 0.25) is 0 Å². The van der Waals surface area contributed by atoms with Gasteiger partial charge in [0.25, 0.3) is 0 Å². The van der Waals surface area contributed by atoms with E-state index >= 15 is 0 Å². The summed E-state index contributed by atoms with van der Waals surface area (Å²) < 4.78 is 0. The highest BCUT2D eigenvalue weighted by atomic mass is 35.5. The monoisotopic (exact) mass is 123 g/mol. The molecule has 0 heterocycles. The van der Waals surface area contributed by atoms with Gasteiger partial charge >= 0.3 is 0 Å². The van der Waals surface area contributed by atoms with Crippen LogP contribution in [0.1, 0.15) is 6.92 Å². The first kappa shape index (κ1) is 9.75. The SMILES string of the molecule is CCCl.N=C(N)N. The molecule has 0 saturated carbocycles. The molecule has 0 amide bonds. The highest BCUT2D eigenvalue weighted by Crippen LogP contribution is 1.59. The minimum absolute atomic E-state index is 0.333. The predicted molar refractivity (Wildman–Crippen MR) is 32.5 cm³/mol. The Morgan fingerprint density at radius 1 is 1.71 bits per heavy atom. The van der Waals surface area contributed by atoms with Gasteiger partial charge in [0.05, 0.1) is 0 Å². The van der Waals surface area contributed by atoms with Crippen LogP contribution in [0, 0.1) is 5.41 Å². The van der Waals surface area contributed by atoms with Gasteiger partial charge in [-0.15, -0.1) is 11.6 Å². The van der Waals surface area contributed by atoms with Crippen molar-refractivity contribution in [3.05, 3.63) is 0 Å². The Balaban J connectivity index is 0. The molecule has 0 atom stereocenters. The van der Waals surface area contributed by atoms with Gasteiger partial charge in [-0.3, -0.25) is 5.41 Å². The van der Waals surface area contributed by atoms with Gasteiger partial charge in [-0.05, 0) is 0 Å². The third-order valence-corrected chi connectivity index (χ3v) is 0. The minimum atomic E-state index is -0.333. The van der Waals surface area contributed by atoms with Gasteiger partial charge in [0.1, 0.15) is 0 Å². The average molecular weight is 124 g/mol. The number of nitrogens with two attached hydrogens (primary N) is 2. The maximum absolute atomic E-state index is 6.06. The largest absolute Gasteiger partial charge is 0.370 e. The highest BCUT2D eigenvalue weighted by Gasteiger charge is 1.52. The molecule has 0 aromatic carbocycles. The van der Waals surface area contributed by atoms with Gasteiger partial charge in [-0.25, -0.2) is 0 Å². The molecule has 0 spiro atoms. The summed E-state index contributed by atoms with van der Waals surface area (Å²) in [4.78, 5) is 0. The van der Waals surface area contributed by atoms with E-state index < -0.39 is 0 Å². The Morgan fingerprint density at radius 2 is 1.71 bits per heavy atom. The molecular formula is C3H10ClN3. The molecule has 0 unspecified atom stereocenters. The van der Waals surface area contributed by atoms with Crippen LogP contribution >= 0.6 is 11.6 Å². The molecule has 4 heteroatoms. The second-order valence-electron chi connectivity index (χ2n) is 0.723. The Hall–Kier alpha value is -0.440. The fourth-order valence-electron chi connectivity index (χ4n) is 0. The van der Waals surface area contributed by atoms with E-state index in [-0.39, 0.29) is 5.96 Å². The van der Waals surface area contributed by atoms with E-state index in [0.29, 0.717) is 0 Å². The maximum Gasteiger partial charge on any atom is 0.183 e. The van der Waals surface area contributed by atoms with E-state index in [0.717, 1.165) is 5.88 Å². The molecule has 0 rings (SSSR count). The second-order valence-corrected chi connectivity index (χ2v) is 1.26. The van der Waals surface area contributed by atoms with Crippen LogP contribution in [0.25, 0.3) is 0 Å². The molecule has 0 fully saturated rings. The molecule has 0 aliphatic rings. The molecule has 0 bridgehead atoms. The van der Waals surface area contributed by atoms with Crippen molar-refractivity contribution in [2.75, 3.05) is 5.88 Å². The lowest BCUT2D eigenvalue weighted by molar-refractivity contribution is 1.39. The quantitative estimate of drug-likeness (QED) is 0.243. The lowest BCUT2D eigenvalue weighted by Crippen LogP contribution is -2.20. The van der Waals surface area contributed by atoms with Crippen LogP contribution in [0.15, 0.2) is 0 Å². The number of hydrogen-bond acceptors (Lipinski definition) is 1. The number of guanidine groups is 1. The zero-order valence-corrected chi connectivity index (χ0v) is 5.00. The van der Waals surface area contributed by atoms with Gasteiger partial charge in [-0.1, -0.05) is 6.92 Å². The first-order valence-corrected chi connectivity index (χ1v) is 2.34. The van der Waals surface area contributed by atoms with Gasteiger partial charge in [0, 0.05) is 5.88 Å². The van der Waals surface area contributed by atoms with Crippen LogP contribution in [0.3, 0.4) is 0 Å². The van der Waals surface area contributed by atoms with Crippen molar-refractivity contribution in [2.45, 2.75) is 6.92 Å². The molecule has 3 nitrogen and oxygen atoms in total. The number of halogens is 1. The molecule has 0 radical (unpaired) electrons. The molecular weight excluding hydrogens is 114 g/mol. The third-order valence-electron chi connectivity index (χ3n) is 0. The molecule has 0 saturated heterocycles. The summed E-state index contributed by atoms with van der Waals surface area (Å²) in [6, 6.07) is 0. The van der Waals surface area contributed by atoms with Gasteiger partial charge < -0.3 is 11.5 Å². The van der Waals surface area contributed by atoms with E-state index in [1.165, 1.54) is 0 Å². The fraction of sp³-hybridized carbons (Fsp3) is 0.667. The Bertz CT molecular complexity index is 41.4. The first-order chi connectivity index (χ1) is 3.15. The smallest absolute Gasteiger partial charge is 0.183 e. The molecule has 5 N–H and O–H groups in total. The standard InChI is InChI=1S/C2H5Cl.CH5N3/c1-2-3;2-1(3)4/h2H2,1H3;(H5,2,3,4). The van der Waals surface area contributed by atoms with Crippen molar-refractivity contribution in [2.24, 2.45) is 11.5 Å². The molecule has 0 aliphatic heterocycles. The fourth-order valence-corrected chi connectivity index (χ4v) is 0. The Kier molecular flexibility index (Phi) is 12.7. The second kappa shape index (κ2) is 9.12. The Morgan fingerprint density at radius 3 is 1.71 bits per heavy atom. The predicted octanol–water partition coefficient (Wildman–Crippen LogP) is 0.0837. The summed E-state index contributed by atoms with van der Waals surface area (Å²) in [6.07, 6.45) is 0. The zero-order chi connectivity index (χ0) is 6.28. The Labute approximate surface area is 48.1 Å². The van der Waals surface area contributed by atoms with E-state index in [4.69, 9.17) is 17.0 Å². The van der Waals surface area contributed by atoms with Crippen molar-refractivity contribution >= 4 is 17.6 Å². The van der Waals surface area contributed by atoms with Gasteiger partial charge in [0.2, 0.25) is 0 Å². The van der Waals surface area contributed by atoms with Gasteiger partial charge in [-0.2, -0.15) is 0 Å². The van der Waals surface area contributed by atoms with Crippen LogP contribution < -0.4 is 11.5 Å². The van der Waals surface area contributed by atoms with Gasteiger partial charge in [0.15, 0.2) is 5.96 Å². The van der Waals surface area contributed by atoms with Crippen LogP contribution in [0.5, 0.6) is 0 Å². The van der Waals surface area contributed by atoms with Crippen molar-refractivity contribution in [1.29, 1.82) is 5.41 Å². The van der Waals surface area contributed by atoms with Crippen molar-refractivity contribution < 1.29 is 0 Å². The molecule has 0 aromatic heterocycles. The summed E-state index contributed by atoms with van der Waals surface area (Å²) in [7, 11) is 0. The zero-order valence-electron chi connectivity index (χ0n) is 4.24. The average Bonchev–Trinajstić information content (AvgIpc) is 1.33. The van der Waals surface area contributed by atoms with Crippen LogP contribution in [0.4, 0.5) is 0 Å². The third kappa shape index (κ3) is 364. The first-order valence-electron chi connectivity index (χ1n) is 1.80. The maximum atomic E-state index is 6.06. The summed E-state index contributed by atoms with van der Waals surface area (Å²) >= 11 is 5.00. The van der Waals surface area contributed by atoms with E-state index in [2.05, 4.69) is 11.5 Å². The summed E-state index contributed by atoms with van der Waals surface area (Å²) in [5.41, 5.74) is 8.94. The van der Waals surface area contributed by atoms with Crippen molar-refractivity contribution in [1.82, 2.24) is 0 Å². The molecule has 44 valence electrons. The summed E-state index contributed by atoms with van der Waals surface area (Å²) in [5, 5.41) is 6.06.